The molecule has 1 aliphatic heterocycles. The number of likely N-dealkylation sites (N-methyl/N-ethyl adjacent to an activating group) is 1. The molecule has 1 aromatic heterocycles. The summed E-state index contributed by atoms with van der Waals surface area (Å²) in [5.74, 6) is -0.264. The zero-order valence-electron chi connectivity index (χ0n) is 15.9. The van der Waals surface area contributed by atoms with Gasteiger partial charge in [-0.2, -0.15) is 0 Å². The van der Waals surface area contributed by atoms with Gasteiger partial charge in [0, 0.05) is 23.7 Å². The van der Waals surface area contributed by atoms with Crippen molar-refractivity contribution in [3.63, 3.8) is 0 Å². The average Bonchev–Trinajstić information content (AvgIpc) is 3.29. The van der Waals surface area contributed by atoms with Gasteiger partial charge in [0.15, 0.2) is 11.5 Å². The van der Waals surface area contributed by atoms with E-state index in [1.807, 2.05) is 55.4 Å². The highest BCUT2D eigenvalue weighted by atomic mass is 35.5. The number of carbonyl (C=O) groups is 2. The molecule has 2 aromatic carbocycles. The van der Waals surface area contributed by atoms with Gasteiger partial charge in [-0.1, -0.05) is 47.1 Å². The molecule has 2 atom stereocenters. The van der Waals surface area contributed by atoms with Gasteiger partial charge >= 0.3 is 0 Å². The lowest BCUT2D eigenvalue weighted by Crippen LogP contribution is -2.45. The third-order valence-corrected chi connectivity index (χ3v) is 5.24. The predicted molar refractivity (Wildman–Crippen MR) is 109 cm³/mol. The Bertz CT molecular complexity index is 1050. The minimum Gasteiger partial charge on any atom is -0.355 e. The van der Waals surface area contributed by atoms with Crippen LogP contribution in [0.25, 0.3) is 11.3 Å². The van der Waals surface area contributed by atoms with Crippen molar-refractivity contribution in [2.45, 2.75) is 19.0 Å². The van der Waals surface area contributed by atoms with Crippen molar-refractivity contribution < 1.29 is 14.1 Å². The number of hydrogen-bond donors (Lipinski definition) is 1. The monoisotopic (exact) mass is 410 g/mol. The van der Waals surface area contributed by atoms with Crippen LogP contribution in [0, 0.1) is 0 Å². The summed E-state index contributed by atoms with van der Waals surface area (Å²) < 4.78 is 5.28. The molecule has 0 aliphatic carbocycles. The van der Waals surface area contributed by atoms with Crippen LogP contribution in [0.1, 0.15) is 17.4 Å². The number of nitrogens with one attached hydrogen (secondary N) is 1. The first-order chi connectivity index (χ1) is 14.0. The number of anilines is 1. The van der Waals surface area contributed by atoms with E-state index in [1.165, 1.54) is 6.07 Å². The lowest BCUT2D eigenvalue weighted by atomic mass is 10.1. The summed E-state index contributed by atoms with van der Waals surface area (Å²) in [4.78, 5) is 25.7. The van der Waals surface area contributed by atoms with Crippen molar-refractivity contribution in [3.8, 4) is 11.3 Å². The van der Waals surface area contributed by atoms with Gasteiger partial charge in [0.2, 0.25) is 0 Å². The molecule has 1 saturated heterocycles. The van der Waals surface area contributed by atoms with Crippen LogP contribution in [0.3, 0.4) is 0 Å². The Morgan fingerprint density at radius 1 is 1.14 bits per heavy atom. The number of amides is 2. The van der Waals surface area contributed by atoms with E-state index >= 15 is 0 Å². The summed E-state index contributed by atoms with van der Waals surface area (Å²) in [6.07, 6.45) is 0. The van der Waals surface area contributed by atoms with E-state index in [4.69, 9.17) is 16.1 Å². The SMILES string of the molecule is CC1C(NC(=O)c2cc(-c3cccc(Cl)c3)on2)C(=O)N(c2ccccc2)N1C. The van der Waals surface area contributed by atoms with Crippen LogP contribution in [0.15, 0.2) is 65.2 Å². The van der Waals surface area contributed by atoms with Gasteiger partial charge in [-0.15, -0.1) is 0 Å². The van der Waals surface area contributed by atoms with Crippen molar-refractivity contribution in [1.82, 2.24) is 15.5 Å². The number of rotatable bonds is 4. The number of benzene rings is 2. The first kappa shape index (κ1) is 19.2. The fraction of sp³-hybridized carbons (Fsp3) is 0.190. The highest BCUT2D eigenvalue weighted by Gasteiger charge is 2.44. The molecule has 148 valence electrons. The summed E-state index contributed by atoms with van der Waals surface area (Å²) in [6.45, 7) is 1.88. The van der Waals surface area contributed by atoms with Gasteiger partial charge in [-0.05, 0) is 31.2 Å². The molecule has 29 heavy (non-hydrogen) atoms. The second-order valence-electron chi connectivity index (χ2n) is 6.84. The summed E-state index contributed by atoms with van der Waals surface area (Å²) in [5.41, 5.74) is 1.55. The second-order valence-corrected chi connectivity index (χ2v) is 7.27. The second kappa shape index (κ2) is 7.69. The minimum absolute atomic E-state index is 0.0980. The molecule has 0 spiro atoms. The van der Waals surface area contributed by atoms with Crippen LogP contribution in [-0.4, -0.2) is 41.1 Å². The molecule has 7 nitrogen and oxygen atoms in total. The van der Waals surface area contributed by atoms with Crippen LogP contribution < -0.4 is 10.3 Å². The van der Waals surface area contributed by atoms with Crippen LogP contribution in [-0.2, 0) is 4.79 Å². The topological polar surface area (TPSA) is 78.7 Å². The van der Waals surface area contributed by atoms with Crippen molar-refractivity contribution in [2.75, 3.05) is 12.1 Å². The Labute approximate surface area is 172 Å². The lowest BCUT2D eigenvalue weighted by Gasteiger charge is -2.26. The largest absolute Gasteiger partial charge is 0.355 e. The number of hydrogen-bond acceptors (Lipinski definition) is 5. The molecule has 1 fully saturated rings. The first-order valence-corrected chi connectivity index (χ1v) is 9.49. The number of aromatic nitrogens is 1. The van der Waals surface area contributed by atoms with Crippen LogP contribution in [0.2, 0.25) is 5.02 Å². The van der Waals surface area contributed by atoms with Crippen molar-refractivity contribution in [3.05, 3.63) is 71.4 Å². The van der Waals surface area contributed by atoms with Gasteiger partial charge in [-0.25, -0.2) is 10.0 Å². The Morgan fingerprint density at radius 3 is 2.62 bits per heavy atom. The van der Waals surface area contributed by atoms with Gasteiger partial charge in [-0.3, -0.25) is 9.59 Å². The molecule has 2 heterocycles. The first-order valence-electron chi connectivity index (χ1n) is 9.11. The van der Waals surface area contributed by atoms with E-state index in [9.17, 15) is 9.59 Å². The number of halogens is 1. The molecule has 2 amide bonds. The summed E-state index contributed by atoms with van der Waals surface area (Å²) in [5, 5.41) is 10.6. The molecule has 4 rings (SSSR count). The van der Waals surface area contributed by atoms with E-state index in [2.05, 4.69) is 10.5 Å². The highest BCUT2D eigenvalue weighted by molar-refractivity contribution is 6.30. The normalized spacial score (nSPS) is 19.6. The van der Waals surface area contributed by atoms with Gasteiger partial charge < -0.3 is 9.84 Å². The van der Waals surface area contributed by atoms with Crippen LogP contribution >= 0.6 is 11.6 Å². The third-order valence-electron chi connectivity index (χ3n) is 5.00. The van der Waals surface area contributed by atoms with Crippen LogP contribution in [0.4, 0.5) is 5.69 Å². The molecule has 0 bridgehead atoms. The Morgan fingerprint density at radius 2 is 1.90 bits per heavy atom. The van der Waals surface area contributed by atoms with E-state index in [1.54, 1.807) is 23.2 Å². The van der Waals surface area contributed by atoms with E-state index in [-0.39, 0.29) is 17.6 Å². The Hall–Kier alpha value is -3.16. The summed E-state index contributed by atoms with van der Waals surface area (Å²) >= 11 is 6.00. The van der Waals surface area contributed by atoms with Gasteiger partial charge in [0.1, 0.15) is 6.04 Å². The third kappa shape index (κ3) is 3.62. The van der Waals surface area contributed by atoms with Crippen molar-refractivity contribution >= 4 is 29.1 Å². The smallest absolute Gasteiger partial charge is 0.274 e. The maximum Gasteiger partial charge on any atom is 0.274 e. The maximum absolute atomic E-state index is 13.0. The van der Waals surface area contributed by atoms with E-state index in [0.717, 1.165) is 5.69 Å². The predicted octanol–water partition coefficient (Wildman–Crippen LogP) is 3.38. The number of para-hydroxylation sites is 1. The van der Waals surface area contributed by atoms with E-state index in [0.29, 0.717) is 16.3 Å². The molecule has 8 heteroatoms. The van der Waals surface area contributed by atoms with Crippen molar-refractivity contribution in [2.24, 2.45) is 0 Å². The fourth-order valence-corrected chi connectivity index (χ4v) is 3.52. The molecule has 1 N–H and O–H groups in total. The summed E-state index contributed by atoms with van der Waals surface area (Å²) in [6, 6.07) is 17.0. The number of nitrogens with zero attached hydrogens (tertiary/aromatic N) is 3. The lowest BCUT2D eigenvalue weighted by molar-refractivity contribution is -0.119. The maximum atomic E-state index is 13.0. The van der Waals surface area contributed by atoms with Crippen LogP contribution in [0.5, 0.6) is 0 Å². The molecule has 3 aromatic rings. The Kier molecular flexibility index (Phi) is 5.08. The Balaban J connectivity index is 1.52. The van der Waals surface area contributed by atoms with E-state index < -0.39 is 11.9 Å². The number of hydrazine groups is 1. The fourth-order valence-electron chi connectivity index (χ4n) is 3.33. The molecule has 0 saturated carbocycles. The van der Waals surface area contributed by atoms with Crippen molar-refractivity contribution in [1.29, 1.82) is 0 Å². The number of carbonyl (C=O) groups excluding carboxylic acids is 2. The molecular formula is C21H19ClN4O3. The molecular weight excluding hydrogens is 392 g/mol. The minimum atomic E-state index is -0.709. The standard InChI is InChI=1S/C21H19ClN4O3/c1-13-19(21(28)26(25(13)2)16-9-4-3-5-10-16)23-20(27)17-12-18(29-24-17)14-7-6-8-15(22)11-14/h3-13,19H,1-2H3,(H,23,27). The average molecular weight is 411 g/mol. The molecule has 0 radical (unpaired) electrons. The quantitative estimate of drug-likeness (QED) is 0.713. The molecule has 2 unspecified atom stereocenters. The molecule has 1 aliphatic rings. The zero-order chi connectivity index (χ0) is 20.5. The summed E-state index contributed by atoms with van der Waals surface area (Å²) in [7, 11) is 1.81. The van der Waals surface area contributed by atoms with Gasteiger partial charge in [0.25, 0.3) is 11.8 Å². The zero-order valence-corrected chi connectivity index (χ0v) is 16.6. The van der Waals surface area contributed by atoms with Gasteiger partial charge in [0.05, 0.1) is 11.7 Å². The highest BCUT2D eigenvalue weighted by Crippen LogP contribution is 2.26.